The SMILES string of the molecule is CB(C)N1C=CN(c2[c-]cncc2)[CH-]1.Fc1c[c-]c(N2[CH-]N(C(F)(F)F)C=N2)nc1.Fc1c[c-]c(N2[CH-]N(F)C=N2)nc1.Fc1c[c-]c(N2[CH-]N=CN2)cn1.[B]N1C=CN(c2[c-]ccnc2)[CH-]1.[Ir].[Ir].[Ir].[Ir].[Ir]. The molecule has 72 heavy (non-hydrogen) atoms. The molecule has 18 nitrogen and oxygen atoms in total. The van der Waals surface area contributed by atoms with Crippen molar-refractivity contribution in [2.45, 2.75) is 19.9 Å². The van der Waals surface area contributed by atoms with Gasteiger partial charge in [0.1, 0.15) is 6.34 Å². The Balaban J connectivity index is 0.000000444. The maximum atomic E-state index is 12.5. The van der Waals surface area contributed by atoms with Crippen molar-refractivity contribution in [1.82, 2.24) is 50.0 Å². The molecule has 0 saturated heterocycles. The summed E-state index contributed by atoms with van der Waals surface area (Å²) in [6.45, 7) is 11.9. The molecule has 0 unspecified atom stereocenters. The summed E-state index contributed by atoms with van der Waals surface area (Å²) >= 11 is 0. The maximum absolute atomic E-state index is 12.5. The van der Waals surface area contributed by atoms with Gasteiger partial charge in [-0.2, -0.15) is 78.8 Å². The number of aromatic nitrogens is 5. The van der Waals surface area contributed by atoms with Crippen molar-refractivity contribution in [1.29, 1.82) is 0 Å². The predicted octanol–water partition coefficient (Wildman–Crippen LogP) is 5.82. The van der Waals surface area contributed by atoms with Crippen LogP contribution in [0.3, 0.4) is 0 Å². The Kier molecular flexibility index (Phi) is 29.1. The minimum atomic E-state index is -4.54. The summed E-state index contributed by atoms with van der Waals surface area (Å²) in [6.07, 6.45) is 16.3. The third kappa shape index (κ3) is 20.5. The van der Waals surface area contributed by atoms with Crippen LogP contribution in [0.5, 0.6) is 0 Å². The third-order valence-corrected chi connectivity index (χ3v) is 8.09. The zero-order chi connectivity index (χ0) is 47.8. The second-order valence-electron chi connectivity index (χ2n) is 13.1. The first-order valence-electron chi connectivity index (χ1n) is 18.9. The number of anilines is 5. The van der Waals surface area contributed by atoms with Gasteiger partial charge >= 0.3 is 6.30 Å². The first kappa shape index (κ1) is 65.0. The van der Waals surface area contributed by atoms with Gasteiger partial charge in [0.25, 0.3) is 0 Å². The number of hydrazone groups is 2. The summed E-state index contributed by atoms with van der Waals surface area (Å²) in [5.74, 6) is -1.45. The number of nitrogens with zero attached hydrogens (tertiary/aromatic N) is 17. The fraction of sp³-hybridized carbons (Fsp3) is 0.0750. The molecule has 0 aromatic carbocycles. The van der Waals surface area contributed by atoms with E-state index in [9.17, 15) is 30.8 Å². The molecule has 7 radical (unpaired) electrons. The molecular formula is C40H31B2F7Ir5N18-10. The van der Waals surface area contributed by atoms with Gasteiger partial charge in [-0.05, 0) is 61.8 Å². The second kappa shape index (κ2) is 32.2. The average Bonchev–Trinajstić information content (AvgIpc) is 4.20. The molecular weight excluding hydrogens is 1850 g/mol. The molecule has 1 N–H and O–H groups in total. The van der Waals surface area contributed by atoms with Crippen LogP contribution in [-0.2, 0) is 101 Å². The van der Waals surface area contributed by atoms with Crippen LogP contribution >= 0.6 is 0 Å². The van der Waals surface area contributed by atoms with Crippen LogP contribution in [-0.4, -0.2) is 84.7 Å². The van der Waals surface area contributed by atoms with Crippen LogP contribution in [0.2, 0.25) is 13.6 Å². The molecule has 0 atom stereocenters. The van der Waals surface area contributed by atoms with Crippen LogP contribution in [0, 0.1) is 81.3 Å². The number of nitrogens with one attached hydrogen (secondary N) is 1. The summed E-state index contributed by atoms with van der Waals surface area (Å²) in [5, 5.41) is 10.8. The molecule has 5 aromatic rings. The van der Waals surface area contributed by atoms with Gasteiger partial charge in [0.15, 0.2) is 7.98 Å². The van der Waals surface area contributed by atoms with Gasteiger partial charge in [-0.15, -0.1) is 17.2 Å². The van der Waals surface area contributed by atoms with Crippen LogP contribution in [0.1, 0.15) is 0 Å². The van der Waals surface area contributed by atoms with E-state index >= 15 is 0 Å². The topological polar surface area (TPSA) is 143 Å². The molecule has 10 heterocycles. The first-order chi connectivity index (χ1) is 32.2. The molecule has 0 aliphatic carbocycles. The van der Waals surface area contributed by atoms with Crippen molar-refractivity contribution in [3.05, 3.63) is 180 Å². The van der Waals surface area contributed by atoms with Gasteiger partial charge < -0.3 is 78.6 Å². The third-order valence-electron chi connectivity index (χ3n) is 8.09. The van der Waals surface area contributed by atoms with Gasteiger partial charge in [0.05, 0.1) is 12.3 Å². The molecule has 391 valence electrons. The quantitative estimate of drug-likeness (QED) is 0.0545. The van der Waals surface area contributed by atoms with Gasteiger partial charge in [-0.1, -0.05) is 62.7 Å². The zero-order valence-corrected chi connectivity index (χ0v) is 48.4. The first-order valence-corrected chi connectivity index (χ1v) is 18.9. The molecule has 5 aliphatic rings. The summed E-state index contributed by atoms with van der Waals surface area (Å²) in [7, 11) is 5.48. The summed E-state index contributed by atoms with van der Waals surface area (Å²) < 4.78 is 86.3. The van der Waals surface area contributed by atoms with Crippen LogP contribution < -0.4 is 30.3 Å². The van der Waals surface area contributed by atoms with E-state index in [1.807, 2.05) is 28.3 Å². The smallest absolute Gasteiger partial charge is 0.458 e. The van der Waals surface area contributed by atoms with E-state index in [1.54, 1.807) is 55.4 Å². The Labute approximate surface area is 479 Å². The second-order valence-corrected chi connectivity index (χ2v) is 13.1. The van der Waals surface area contributed by atoms with Crippen molar-refractivity contribution < 1.29 is 131 Å². The largest absolute Gasteiger partial charge is 0.561 e. The van der Waals surface area contributed by atoms with Gasteiger partial charge in [0.2, 0.25) is 6.85 Å². The van der Waals surface area contributed by atoms with Crippen molar-refractivity contribution in [2.24, 2.45) is 15.2 Å². The Morgan fingerprint density at radius 3 is 1.78 bits per heavy atom. The fourth-order valence-electron chi connectivity index (χ4n) is 4.90. The minimum Gasteiger partial charge on any atom is -0.561 e. The number of halogens is 7. The standard InChI is InChI=1S/C10H12BN3.C8H6BN3.C8H4F4N4.C7H4F2N4.C7H5FN4.5Ir/c1-11(2)14-8-7-13(9-14)10-3-5-12-6-4-10;9-12-5-4-11(7-12)8-2-1-3-10-6-8;9-6-1-2-7(13-3-6)16-5-15(4-14-16)8(10,11)12;8-6-1-2-7(10-3-6)13-5-12(9)4-11-13;8-7-2-1-6(3-10-7)12-5-9-4-11-12;;;;;/h3,5-9H,1-2H3;1,3-7H;1,3-5H;1,3-5H;2-5H,(H,9,11);;;;;/q5*-2;;;;;. The van der Waals surface area contributed by atoms with E-state index in [0.717, 1.165) is 58.9 Å². The molecule has 5 aliphatic heterocycles. The molecule has 0 amide bonds. The zero-order valence-electron chi connectivity index (χ0n) is 36.4. The maximum Gasteiger partial charge on any atom is 0.458 e. The molecule has 5 aromatic heterocycles. The Morgan fingerprint density at radius 2 is 1.32 bits per heavy atom. The average molecular weight is 1880 g/mol. The van der Waals surface area contributed by atoms with E-state index in [2.05, 4.69) is 107 Å². The summed E-state index contributed by atoms with van der Waals surface area (Å²) in [6, 6.07) is 20.6. The Bertz CT molecular complexity index is 2440. The van der Waals surface area contributed by atoms with Crippen LogP contribution in [0.15, 0.2) is 114 Å². The normalized spacial score (nSPS) is 14.3. The van der Waals surface area contributed by atoms with Gasteiger partial charge in [-0.3, -0.25) is 14.4 Å². The van der Waals surface area contributed by atoms with E-state index in [0.29, 0.717) is 25.5 Å². The number of rotatable bonds is 6. The van der Waals surface area contributed by atoms with Gasteiger partial charge in [-0.25, -0.2) is 18.2 Å². The van der Waals surface area contributed by atoms with Crippen LogP contribution in [0.25, 0.3) is 0 Å². The minimum absolute atomic E-state index is 0. The van der Waals surface area contributed by atoms with E-state index < -0.39 is 23.9 Å². The van der Waals surface area contributed by atoms with E-state index in [1.165, 1.54) is 23.4 Å². The number of aliphatic imine (C=N–C) groups is 1. The summed E-state index contributed by atoms with van der Waals surface area (Å²) in [4.78, 5) is 29.8. The number of pyridine rings is 5. The molecule has 32 heteroatoms. The molecule has 10 rings (SSSR count). The van der Waals surface area contributed by atoms with Crippen molar-refractivity contribution in [3.63, 3.8) is 0 Å². The molecule has 0 fully saturated rings. The van der Waals surface area contributed by atoms with Crippen molar-refractivity contribution >= 4 is 62.5 Å². The monoisotopic (exact) mass is 1880 g/mol. The van der Waals surface area contributed by atoms with E-state index in [4.69, 9.17) is 7.98 Å². The number of hydrazine groups is 1. The Morgan fingerprint density at radius 1 is 0.667 bits per heavy atom. The number of hydrogen-bond donors (Lipinski definition) is 1. The van der Waals surface area contributed by atoms with Gasteiger partial charge in [0, 0.05) is 112 Å². The van der Waals surface area contributed by atoms with Crippen molar-refractivity contribution in [3.8, 4) is 0 Å². The summed E-state index contributed by atoms with van der Waals surface area (Å²) in [5.41, 5.74) is 5.29. The Hall–Kier alpha value is -5.00. The van der Waals surface area contributed by atoms with E-state index in [-0.39, 0.29) is 122 Å². The number of hydrogen-bond acceptors (Lipinski definition) is 18. The fourth-order valence-corrected chi connectivity index (χ4v) is 4.90. The molecule has 0 saturated carbocycles. The molecule has 0 bridgehead atoms. The number of alkyl halides is 3. The van der Waals surface area contributed by atoms with Crippen molar-refractivity contribution in [2.75, 3.05) is 24.8 Å². The van der Waals surface area contributed by atoms with Crippen LogP contribution in [0.4, 0.5) is 59.5 Å². The predicted molar refractivity (Wildman–Crippen MR) is 234 cm³/mol. The molecule has 0 spiro atoms.